The van der Waals surface area contributed by atoms with Gasteiger partial charge in [0.1, 0.15) is 133 Å². The van der Waals surface area contributed by atoms with Gasteiger partial charge in [0.05, 0.1) is 55.9 Å². The molecule has 8 aliphatic rings. The largest absolute Gasteiger partial charge is 0.480 e. The molecule has 0 spiro atoms. The van der Waals surface area contributed by atoms with E-state index in [4.69, 9.17) is 61.6 Å². The molecule has 2 aromatic carbocycles. The van der Waals surface area contributed by atoms with Crippen LogP contribution in [-0.4, -0.2) is 395 Å². The second kappa shape index (κ2) is 43.0. The second-order valence-electron chi connectivity index (χ2n) is 35.4. The van der Waals surface area contributed by atoms with Gasteiger partial charge in [-0.05, 0) is 82.7 Å². The smallest absolute Gasteiger partial charge is 0.408 e. The number of aliphatic carboxylic acids is 3. The number of hydrogen-bond acceptors (Lipinski definition) is 43. The highest BCUT2D eigenvalue weighted by Gasteiger charge is 2.78. The predicted octanol–water partition coefficient (Wildman–Crippen LogP) is -6.76. The molecule has 5 heterocycles. The number of alkyl carbamates (subject to hydrolysis) is 1. The normalized spacial score (nSPS) is 35.3. The topological polar surface area (TPSA) is 787 Å². The Labute approximate surface area is 768 Å². The summed E-state index contributed by atoms with van der Waals surface area (Å²) in [4.78, 5) is 167. The average Bonchev–Trinajstić information content (AvgIpc) is 0.667. The number of ketones is 1. The fourth-order valence-electron chi connectivity index (χ4n) is 18.3. The summed E-state index contributed by atoms with van der Waals surface area (Å²) in [6.45, 7) is 5.86. The van der Waals surface area contributed by atoms with Crippen LogP contribution in [-0.2, 0) is 139 Å². The van der Waals surface area contributed by atoms with Crippen LogP contribution >= 0.6 is 0 Å². The SMILES string of the molecule is CC(=O)N[C@H]1[C@@H](O[C@H]2[C@H](O)[C@@H](O)[C@H](O)O[C@H]2C(=O)O[C@@H](C(=O)O[C@H]2C[C@@]3(O)[C@@H](OC(=O)c4ccccc4)[C@@H]4[C@]5(OC(C)=O)CO[C@@H]5C[C@H](O)[C@@]4(C)C(=O)[C@H](O)C(=C2C)C3(C)C)[C@@H](NC(=O)OC(C)(C)C)c2ccccc2)O[C@H](COS(=O)(=O)O)[C@@H](O[C@@H]2O[C@@H](C(=O)NCCCCC(C(=O)O)N(CC(=O)O)CC(=O)O)[C@@H](O[C@H]3O[C@H](COS(=O)(=O)O)[C@@H](O)[C@H](O)[C@H]3NC(C)=O)[C@H](O)[C@H]2O)[C@@H]1O. The van der Waals surface area contributed by atoms with Gasteiger partial charge in [0, 0.05) is 45.6 Å². The van der Waals surface area contributed by atoms with Crippen molar-refractivity contribution in [1.82, 2.24) is 26.2 Å². The number of aliphatic hydroxyl groups is 11. The van der Waals surface area contributed by atoms with E-state index in [0.717, 1.165) is 20.8 Å². The monoisotopic (exact) mass is 1970 g/mol. The number of Topliss-reactive ketones (excluding diaryl/α,β-unsaturated/α-hetero) is 1. The minimum absolute atomic E-state index is 0.144. The molecule has 32 atom stereocenters. The third-order valence-corrected chi connectivity index (χ3v) is 25.6. The molecule has 135 heavy (non-hydrogen) atoms. The zero-order chi connectivity index (χ0) is 100. The van der Waals surface area contributed by atoms with Crippen LogP contribution in [0.3, 0.4) is 0 Å². The highest BCUT2D eigenvalue weighted by Crippen LogP contribution is 2.64. The third-order valence-electron chi connectivity index (χ3n) is 24.7. The first-order chi connectivity index (χ1) is 62.8. The summed E-state index contributed by atoms with van der Waals surface area (Å²) in [5.41, 5.74) is -11.5. The molecule has 2 aromatic rings. The van der Waals surface area contributed by atoms with Gasteiger partial charge >= 0.3 is 68.7 Å². The fraction of sp³-hybridized carbons (Fsp3) is 0.679. The van der Waals surface area contributed by atoms with Crippen LogP contribution in [0.25, 0.3) is 0 Å². The highest BCUT2D eigenvalue weighted by atomic mass is 32.3. The molecule has 5 saturated heterocycles. The van der Waals surface area contributed by atoms with Crippen molar-refractivity contribution in [3.8, 4) is 0 Å². The maximum atomic E-state index is 16.1. The first-order valence-electron chi connectivity index (χ1n) is 42.1. The van der Waals surface area contributed by atoms with Crippen molar-refractivity contribution in [1.29, 1.82) is 0 Å². The van der Waals surface area contributed by atoms with E-state index in [0.29, 0.717) is 4.90 Å². The maximum absolute atomic E-state index is 16.1. The Morgan fingerprint density at radius 1 is 0.637 bits per heavy atom. The number of nitrogens with zero attached hydrogens (tertiary/aromatic N) is 1. The molecular weight excluding hydrogens is 1860 g/mol. The number of carboxylic acids is 3. The van der Waals surface area contributed by atoms with Crippen molar-refractivity contribution in [3.05, 3.63) is 82.9 Å². The molecule has 10 rings (SSSR count). The van der Waals surface area contributed by atoms with Gasteiger partial charge in [-0.2, -0.15) is 16.8 Å². The summed E-state index contributed by atoms with van der Waals surface area (Å²) in [5, 5.41) is 172. The highest BCUT2D eigenvalue weighted by molar-refractivity contribution is 7.81. The number of hydrogen-bond donors (Lipinski definition) is 20. The first-order valence-corrected chi connectivity index (χ1v) is 44.9. The Bertz CT molecular complexity index is 4920. The minimum atomic E-state index is -5.73. The molecular formula is C81H111N5O47S2. The Balaban J connectivity index is 1.01. The number of benzene rings is 2. The molecule has 2 saturated carbocycles. The van der Waals surface area contributed by atoms with E-state index < -0.39 is 361 Å². The number of aliphatic hydroxyl groups excluding tert-OH is 10. The van der Waals surface area contributed by atoms with Gasteiger partial charge < -0.3 is 154 Å². The molecule has 7 fully saturated rings. The number of carboxylic acid groups (broad SMARTS) is 3. The van der Waals surface area contributed by atoms with Crippen molar-refractivity contribution in [2.24, 2.45) is 16.7 Å². The van der Waals surface area contributed by atoms with Crippen molar-refractivity contribution < 1.29 is 225 Å². The van der Waals surface area contributed by atoms with E-state index in [9.17, 15) is 141 Å². The summed E-state index contributed by atoms with van der Waals surface area (Å²) in [7, 11) is -11.1. The van der Waals surface area contributed by atoms with Crippen molar-refractivity contribution in [2.75, 3.05) is 39.5 Å². The fourth-order valence-corrected chi connectivity index (χ4v) is 18.9. The summed E-state index contributed by atoms with van der Waals surface area (Å²) < 4.78 is 155. The van der Waals surface area contributed by atoms with Crippen LogP contribution in [0.4, 0.5) is 4.79 Å². The second-order valence-corrected chi connectivity index (χ2v) is 37.6. The van der Waals surface area contributed by atoms with Crippen LogP contribution in [0.5, 0.6) is 0 Å². The maximum Gasteiger partial charge on any atom is 0.408 e. The van der Waals surface area contributed by atoms with Gasteiger partial charge in [0.25, 0.3) is 5.91 Å². The van der Waals surface area contributed by atoms with Gasteiger partial charge in [0.15, 0.2) is 48.8 Å². The van der Waals surface area contributed by atoms with Crippen LogP contribution < -0.4 is 21.3 Å². The number of nitrogens with one attached hydrogen (secondary N) is 4. The lowest BCUT2D eigenvalue weighted by atomic mass is 9.44. The molecule has 0 aromatic heterocycles. The van der Waals surface area contributed by atoms with E-state index in [-0.39, 0.29) is 29.5 Å². The Morgan fingerprint density at radius 3 is 1.71 bits per heavy atom. The van der Waals surface area contributed by atoms with Gasteiger partial charge in [-0.1, -0.05) is 62.4 Å². The zero-order valence-electron chi connectivity index (χ0n) is 73.9. The van der Waals surface area contributed by atoms with Gasteiger partial charge in [0.2, 0.25) is 17.9 Å². The number of ether oxygens (including phenoxy) is 13. The van der Waals surface area contributed by atoms with Crippen molar-refractivity contribution in [2.45, 2.75) is 290 Å². The molecule has 0 radical (unpaired) electrons. The summed E-state index contributed by atoms with van der Waals surface area (Å²) >= 11 is 0. The van der Waals surface area contributed by atoms with E-state index in [1.807, 2.05) is 0 Å². The van der Waals surface area contributed by atoms with Crippen molar-refractivity contribution in [3.63, 3.8) is 0 Å². The van der Waals surface area contributed by atoms with E-state index in [1.54, 1.807) is 6.07 Å². The molecule has 4 amide bonds. The Hall–Kier alpha value is -9.24. The van der Waals surface area contributed by atoms with E-state index in [1.165, 1.54) is 103 Å². The van der Waals surface area contributed by atoms with Gasteiger partial charge in [-0.15, -0.1) is 0 Å². The molecule has 3 aliphatic carbocycles. The third kappa shape index (κ3) is 24.2. The van der Waals surface area contributed by atoms with Gasteiger partial charge in [-0.3, -0.25) is 52.4 Å². The van der Waals surface area contributed by atoms with Crippen LogP contribution in [0.2, 0.25) is 0 Å². The van der Waals surface area contributed by atoms with Gasteiger partial charge in [-0.25, -0.2) is 27.5 Å². The molecule has 754 valence electrons. The first kappa shape index (κ1) is 108. The molecule has 2 bridgehead atoms. The standard InChI is InChI=1S/C81H111N5O47S2/c1-32-39(26-81(112)66(131-69(107)37-21-15-12-16-22-37)64-79(10,65(103)51(96)46(32)78(81,8)9)42(90)25-43-80(64,31-119-43)132-35(4)89)122-71(109)59(47(36-19-13-11-14-20-36)85-76(111)133-77(5,6)7)125-72(110)63-61(54(99)56(101)70(108)126-63)129-74-49(84-34(3)88)53(98)58(41(124-74)30-121-135(116,117)118)127-75-57(102)55(100)60(128-73-48(83-33(2)87)52(97)50(95)40(123-73)29-120-134(113,114)115)62(130-75)67(104)82-24-18-17-23-38(68(105)106)86(27-44(91)92)28-45(93)94/h11-16,19-22,38-43,47-64,66,70,73-75,90,95-102,108,112H,17-18,23-31H2,1-10H3,(H,82,104)(H,83,87)(H,84,88)(H,85,111)(H,91,92)(H,93,94)(H,105,106)(H,113,114,115)(H,116,117,118)/t38?,39-,40+,41+,42-,43+,47-,48+,49+,50+,51+,52+,53+,54+,55+,56+,57+,58+,59+,60-,61-,62+,63+,64-,66-,70+,73+,74+,75+,79+,80-,81+/m0/s1. The van der Waals surface area contributed by atoms with Crippen LogP contribution in [0.1, 0.15) is 123 Å². The molecule has 1 unspecified atom stereocenters. The number of esters is 4. The molecule has 20 N–H and O–H groups in total. The summed E-state index contributed by atoms with van der Waals surface area (Å²) in [5.74, 6) is -17.5. The van der Waals surface area contributed by atoms with E-state index >= 15 is 14.4 Å². The Kier molecular flexibility index (Phi) is 34.3. The number of unbranched alkanes of at least 4 members (excludes halogenated alkanes) is 1. The summed E-state index contributed by atoms with van der Waals surface area (Å²) in [6.07, 6.45) is -62.3. The predicted molar refractivity (Wildman–Crippen MR) is 436 cm³/mol. The number of amides is 4. The molecule has 5 aliphatic heterocycles. The Morgan fingerprint density at radius 2 is 1.18 bits per heavy atom. The van der Waals surface area contributed by atoms with Crippen molar-refractivity contribution >= 4 is 92.2 Å². The van der Waals surface area contributed by atoms with Crippen LogP contribution in [0.15, 0.2) is 71.8 Å². The lowest BCUT2D eigenvalue weighted by Crippen LogP contribution is -2.81. The number of fused-ring (bicyclic) bond motifs is 5. The minimum Gasteiger partial charge on any atom is -0.480 e. The quantitative estimate of drug-likeness (QED) is 0.00991. The number of carbonyl (C=O) groups excluding carboxylic acids is 9. The zero-order valence-corrected chi connectivity index (χ0v) is 75.5. The lowest BCUT2D eigenvalue weighted by molar-refractivity contribution is -0.369. The average molecular weight is 1970 g/mol. The van der Waals surface area contributed by atoms with Crippen LogP contribution in [0, 0.1) is 16.7 Å². The molecule has 54 heteroatoms. The summed E-state index contributed by atoms with van der Waals surface area (Å²) in [6, 6.07) is 5.61. The number of rotatable bonds is 36. The number of carbonyl (C=O) groups is 12. The van der Waals surface area contributed by atoms with E-state index in [2.05, 4.69) is 29.6 Å². The lowest BCUT2D eigenvalue weighted by Gasteiger charge is -2.67. The molecule has 52 nitrogen and oxygen atoms in total.